The van der Waals surface area contributed by atoms with Gasteiger partial charge in [-0.2, -0.15) is 0 Å². The van der Waals surface area contributed by atoms with Crippen molar-refractivity contribution in [3.05, 3.63) is 77.0 Å². The van der Waals surface area contributed by atoms with Crippen molar-refractivity contribution < 1.29 is 18.0 Å². The Bertz CT molecular complexity index is 1460. The van der Waals surface area contributed by atoms with E-state index in [-0.39, 0.29) is 35.6 Å². The van der Waals surface area contributed by atoms with Crippen LogP contribution < -0.4 is 5.32 Å². The summed E-state index contributed by atoms with van der Waals surface area (Å²) >= 11 is 1.37. The Balaban J connectivity index is 1.30. The van der Waals surface area contributed by atoms with Gasteiger partial charge in [-0.05, 0) is 87.2 Å². The standard InChI is InChI=1S/C32H39N3O4S2/c1-22(2)34(3)26-14-15-29(25(18-26)21-41(38,39)27-12-8-5-9-13-27)35-17-16-28(32(35)37)33-31(36)30-19-24(20-40-30)23-10-6-4-7-11-23/h4-13,19-20,22,25-26,28-29H,14-18,21H2,1-3H3,(H,33,36)/t25-,26-,28?,29-/m1/s1. The molecule has 0 radical (unpaired) electrons. The number of hydrogen-bond acceptors (Lipinski definition) is 6. The van der Waals surface area contributed by atoms with Crippen molar-refractivity contribution in [1.82, 2.24) is 15.1 Å². The van der Waals surface area contributed by atoms with Crippen LogP contribution in [0.2, 0.25) is 0 Å². The minimum absolute atomic E-state index is 0.00236. The number of benzene rings is 2. The number of thiophene rings is 1. The molecule has 2 aromatic carbocycles. The Morgan fingerprint density at radius 3 is 2.39 bits per heavy atom. The molecule has 4 atom stereocenters. The molecule has 0 bridgehead atoms. The number of hydrogen-bond donors (Lipinski definition) is 1. The average molecular weight is 594 g/mol. The van der Waals surface area contributed by atoms with Crippen LogP contribution in [0.3, 0.4) is 0 Å². The van der Waals surface area contributed by atoms with E-state index in [0.717, 1.165) is 24.0 Å². The van der Waals surface area contributed by atoms with Crippen LogP contribution in [0.15, 0.2) is 77.0 Å². The molecule has 3 aromatic rings. The number of rotatable bonds is 9. The van der Waals surface area contributed by atoms with Gasteiger partial charge in [0.1, 0.15) is 6.04 Å². The molecule has 1 saturated heterocycles. The normalized spacial score (nSPS) is 23.3. The Kier molecular flexibility index (Phi) is 8.97. The van der Waals surface area contributed by atoms with E-state index >= 15 is 0 Å². The first-order valence-corrected chi connectivity index (χ1v) is 16.9. The van der Waals surface area contributed by atoms with Crippen LogP contribution in [0, 0.1) is 5.92 Å². The molecule has 2 aliphatic rings. The van der Waals surface area contributed by atoms with Gasteiger partial charge in [-0.1, -0.05) is 48.5 Å². The first-order valence-electron chi connectivity index (χ1n) is 14.4. The van der Waals surface area contributed by atoms with Gasteiger partial charge in [0.2, 0.25) is 5.91 Å². The Hall–Kier alpha value is -3.01. The van der Waals surface area contributed by atoms with Crippen LogP contribution in [-0.2, 0) is 14.6 Å². The molecule has 1 aliphatic heterocycles. The van der Waals surface area contributed by atoms with Gasteiger partial charge in [0.15, 0.2) is 9.84 Å². The minimum Gasteiger partial charge on any atom is -0.339 e. The maximum absolute atomic E-state index is 13.7. The number of amides is 2. The van der Waals surface area contributed by atoms with Gasteiger partial charge in [0.05, 0.1) is 15.5 Å². The van der Waals surface area contributed by atoms with E-state index in [1.165, 1.54) is 11.3 Å². The van der Waals surface area contributed by atoms with Gasteiger partial charge >= 0.3 is 0 Å². The van der Waals surface area contributed by atoms with E-state index < -0.39 is 15.9 Å². The predicted octanol–water partition coefficient (Wildman–Crippen LogP) is 5.10. The Morgan fingerprint density at radius 2 is 1.71 bits per heavy atom. The van der Waals surface area contributed by atoms with Gasteiger partial charge in [0, 0.05) is 24.7 Å². The number of nitrogens with zero attached hydrogens (tertiary/aromatic N) is 2. The summed E-state index contributed by atoms with van der Waals surface area (Å²) in [5.74, 6) is -0.546. The lowest BCUT2D eigenvalue weighted by Gasteiger charge is -2.44. The zero-order chi connectivity index (χ0) is 29.1. The summed E-state index contributed by atoms with van der Waals surface area (Å²) in [6.07, 6.45) is 2.88. The van der Waals surface area contributed by atoms with Gasteiger partial charge in [-0.25, -0.2) is 8.42 Å². The SMILES string of the molecule is CC(C)N(C)[C@@H]1CC[C@@H](N2CCC(NC(=O)c3cc(-c4ccccc4)cs3)C2=O)[C@@H](CS(=O)(=O)c2ccccc2)C1. The summed E-state index contributed by atoms with van der Waals surface area (Å²) < 4.78 is 26.9. The first-order chi connectivity index (χ1) is 19.6. The molecule has 1 unspecified atom stereocenters. The number of sulfone groups is 1. The lowest BCUT2D eigenvalue weighted by molar-refractivity contribution is -0.133. The molecule has 1 aliphatic carbocycles. The van der Waals surface area contributed by atoms with Crippen LogP contribution in [0.5, 0.6) is 0 Å². The van der Waals surface area contributed by atoms with Crippen LogP contribution in [0.1, 0.15) is 49.2 Å². The topological polar surface area (TPSA) is 86.8 Å². The van der Waals surface area contributed by atoms with Gasteiger partial charge < -0.3 is 15.1 Å². The van der Waals surface area contributed by atoms with Crippen molar-refractivity contribution in [2.45, 2.75) is 68.6 Å². The summed E-state index contributed by atoms with van der Waals surface area (Å²) in [4.78, 5) is 31.8. The van der Waals surface area contributed by atoms with Crippen molar-refractivity contribution in [3.8, 4) is 11.1 Å². The summed E-state index contributed by atoms with van der Waals surface area (Å²) in [5.41, 5.74) is 2.02. The number of nitrogens with one attached hydrogen (secondary N) is 1. The number of likely N-dealkylation sites (tertiary alicyclic amines) is 1. The molecule has 1 saturated carbocycles. The molecular formula is C32H39N3O4S2. The Morgan fingerprint density at radius 1 is 1.02 bits per heavy atom. The van der Waals surface area contributed by atoms with E-state index in [9.17, 15) is 18.0 Å². The maximum atomic E-state index is 13.7. The molecule has 2 amide bonds. The number of carbonyl (C=O) groups is 2. The highest BCUT2D eigenvalue weighted by Crippen LogP contribution is 2.36. The highest BCUT2D eigenvalue weighted by Gasteiger charge is 2.44. The van der Waals surface area contributed by atoms with Gasteiger partial charge in [0.25, 0.3) is 5.91 Å². The molecule has 5 rings (SSSR count). The monoisotopic (exact) mass is 593 g/mol. The lowest BCUT2D eigenvalue weighted by atomic mass is 9.81. The molecule has 1 aromatic heterocycles. The summed E-state index contributed by atoms with van der Waals surface area (Å²) in [7, 11) is -1.43. The van der Waals surface area contributed by atoms with Crippen molar-refractivity contribution in [1.29, 1.82) is 0 Å². The minimum atomic E-state index is -3.52. The second-order valence-corrected chi connectivity index (χ2v) is 14.5. The van der Waals surface area contributed by atoms with Crippen LogP contribution in [-0.4, -0.2) is 73.5 Å². The molecular weight excluding hydrogens is 555 g/mol. The van der Waals surface area contributed by atoms with E-state index in [1.54, 1.807) is 24.3 Å². The Labute approximate surface area is 247 Å². The fraction of sp³-hybridized carbons (Fsp3) is 0.438. The lowest BCUT2D eigenvalue weighted by Crippen LogP contribution is -2.53. The molecule has 9 heteroatoms. The average Bonchev–Trinajstić information content (AvgIpc) is 3.61. The summed E-state index contributed by atoms with van der Waals surface area (Å²) in [6, 6.07) is 20.2. The molecule has 1 N–H and O–H groups in total. The quantitative estimate of drug-likeness (QED) is 0.373. The molecule has 2 heterocycles. The second kappa shape index (κ2) is 12.5. The maximum Gasteiger partial charge on any atom is 0.262 e. The van der Waals surface area contributed by atoms with Crippen molar-refractivity contribution in [3.63, 3.8) is 0 Å². The van der Waals surface area contributed by atoms with Crippen LogP contribution >= 0.6 is 11.3 Å². The van der Waals surface area contributed by atoms with Crippen molar-refractivity contribution in [2.75, 3.05) is 19.3 Å². The molecule has 218 valence electrons. The molecule has 41 heavy (non-hydrogen) atoms. The second-order valence-electron chi connectivity index (χ2n) is 11.6. The zero-order valence-electron chi connectivity index (χ0n) is 23.9. The fourth-order valence-corrected chi connectivity index (χ4v) is 8.75. The van der Waals surface area contributed by atoms with E-state index in [0.29, 0.717) is 35.2 Å². The van der Waals surface area contributed by atoms with Crippen molar-refractivity contribution in [2.24, 2.45) is 5.92 Å². The van der Waals surface area contributed by atoms with Crippen LogP contribution in [0.4, 0.5) is 0 Å². The summed E-state index contributed by atoms with van der Waals surface area (Å²) in [6.45, 7) is 4.81. The largest absolute Gasteiger partial charge is 0.339 e. The van der Waals surface area contributed by atoms with E-state index in [4.69, 9.17) is 0 Å². The predicted molar refractivity (Wildman–Crippen MR) is 164 cm³/mol. The van der Waals surface area contributed by atoms with Crippen molar-refractivity contribution >= 4 is 33.0 Å². The van der Waals surface area contributed by atoms with Crippen LogP contribution in [0.25, 0.3) is 11.1 Å². The summed E-state index contributed by atoms with van der Waals surface area (Å²) in [5, 5.41) is 4.92. The zero-order valence-corrected chi connectivity index (χ0v) is 25.5. The third-order valence-electron chi connectivity index (χ3n) is 8.72. The van der Waals surface area contributed by atoms with E-state index in [2.05, 4.69) is 31.1 Å². The highest BCUT2D eigenvalue weighted by atomic mass is 32.2. The third kappa shape index (κ3) is 6.58. The molecule has 2 fully saturated rings. The number of carbonyl (C=O) groups excluding carboxylic acids is 2. The van der Waals surface area contributed by atoms with E-state index in [1.807, 2.05) is 52.7 Å². The fourth-order valence-electron chi connectivity index (χ4n) is 6.24. The first kappa shape index (κ1) is 29.5. The van der Waals surface area contributed by atoms with Gasteiger partial charge in [-0.3, -0.25) is 9.59 Å². The third-order valence-corrected chi connectivity index (χ3v) is 11.5. The van der Waals surface area contributed by atoms with Gasteiger partial charge in [-0.15, -0.1) is 11.3 Å². The molecule has 7 nitrogen and oxygen atoms in total. The smallest absolute Gasteiger partial charge is 0.262 e. The highest BCUT2D eigenvalue weighted by molar-refractivity contribution is 7.91. The molecule has 0 spiro atoms.